The molecule has 0 aliphatic rings. The smallest absolute Gasteiger partial charge is 0.297 e. The van der Waals surface area contributed by atoms with E-state index in [4.69, 9.17) is 0 Å². The maximum Gasteiger partial charge on any atom is 1.00 e. The van der Waals surface area contributed by atoms with Gasteiger partial charge in [0.25, 0.3) is 0 Å². The van der Waals surface area contributed by atoms with E-state index < -0.39 is 16.1 Å². The van der Waals surface area contributed by atoms with Crippen LogP contribution in [0, 0.1) is 11.4 Å². The minimum Gasteiger partial charge on any atom is -0.297 e. The molecule has 2 aromatic rings. The second kappa shape index (κ2) is 16.1. The summed E-state index contributed by atoms with van der Waals surface area (Å²) in [6.07, 6.45) is 0. The van der Waals surface area contributed by atoms with Crippen LogP contribution >= 0.6 is 0 Å². The van der Waals surface area contributed by atoms with Crippen molar-refractivity contribution in [2.45, 2.75) is 116 Å². The van der Waals surface area contributed by atoms with E-state index in [2.05, 4.69) is 155 Å². The Labute approximate surface area is 262 Å². The summed E-state index contributed by atoms with van der Waals surface area (Å²) in [5.41, 5.74) is 17.6. The summed E-state index contributed by atoms with van der Waals surface area (Å²) >= 11 is 0. The van der Waals surface area contributed by atoms with Crippen LogP contribution in [-0.4, -0.2) is 16.1 Å². The molecule has 4 heteroatoms. The van der Waals surface area contributed by atoms with Crippen molar-refractivity contribution < 1.29 is 37.7 Å². The SMILES string of the molecule is CC(C)[Si]([C-]=C(C(=[C-][Si](C(C)C)(C(C)C)C(C)C)c1ccccc1)c1ccccc1)(C(C)C)C(C)C.[Li+].[Li+]. The van der Waals surface area contributed by atoms with Gasteiger partial charge in [0.15, 0.2) is 0 Å². The molecular formula is C34H52Li2Si2. The van der Waals surface area contributed by atoms with Crippen LogP contribution in [0.15, 0.2) is 60.7 Å². The summed E-state index contributed by atoms with van der Waals surface area (Å²) in [5, 5.41) is 0. The van der Waals surface area contributed by atoms with Gasteiger partial charge in [-0.05, 0) is 0 Å². The first kappa shape index (κ1) is 37.5. The van der Waals surface area contributed by atoms with Gasteiger partial charge < -0.3 is 0 Å². The van der Waals surface area contributed by atoms with E-state index in [0.717, 1.165) is 0 Å². The third-order valence-electron chi connectivity index (χ3n) is 8.79. The summed E-state index contributed by atoms with van der Waals surface area (Å²) in [6, 6.07) is 22.1. The number of rotatable bonds is 11. The minimum absolute atomic E-state index is 0. The molecule has 0 atom stereocenters. The van der Waals surface area contributed by atoms with E-state index in [0.29, 0.717) is 33.2 Å². The first-order valence-corrected chi connectivity index (χ1v) is 18.7. The fourth-order valence-corrected chi connectivity index (χ4v) is 18.2. The summed E-state index contributed by atoms with van der Waals surface area (Å²) in [6.45, 7) is 29.2. The molecule has 0 heterocycles. The fraction of sp³-hybridized carbons (Fsp3) is 0.529. The van der Waals surface area contributed by atoms with Crippen molar-refractivity contribution in [3.63, 3.8) is 0 Å². The van der Waals surface area contributed by atoms with Crippen molar-refractivity contribution in [2.75, 3.05) is 0 Å². The molecule has 0 spiro atoms. The Morgan fingerprint density at radius 1 is 0.421 bits per heavy atom. The van der Waals surface area contributed by atoms with Crippen LogP contribution in [0.4, 0.5) is 0 Å². The number of hydrogen-bond acceptors (Lipinski definition) is 0. The van der Waals surface area contributed by atoms with E-state index in [1.165, 1.54) is 22.3 Å². The van der Waals surface area contributed by atoms with Crippen molar-refractivity contribution >= 4 is 27.3 Å². The van der Waals surface area contributed by atoms with Gasteiger partial charge in [-0.15, -0.1) is 24.3 Å². The average molecular weight is 531 g/mol. The summed E-state index contributed by atoms with van der Waals surface area (Å²) in [5.74, 6) is 0. The quantitative estimate of drug-likeness (QED) is 0.213. The van der Waals surface area contributed by atoms with Crippen LogP contribution in [0.5, 0.6) is 0 Å². The van der Waals surface area contributed by atoms with E-state index in [9.17, 15) is 0 Å². The second-order valence-electron chi connectivity index (χ2n) is 12.5. The number of benzene rings is 2. The van der Waals surface area contributed by atoms with Gasteiger partial charge in [-0.25, -0.2) is 0 Å². The molecular weight excluding hydrogens is 478 g/mol. The predicted octanol–water partition coefficient (Wildman–Crippen LogP) is 5.20. The van der Waals surface area contributed by atoms with Crippen molar-refractivity contribution in [1.82, 2.24) is 0 Å². The van der Waals surface area contributed by atoms with Crippen molar-refractivity contribution in [3.8, 4) is 0 Å². The molecule has 0 aliphatic heterocycles. The molecule has 0 aliphatic carbocycles. The molecule has 2 rings (SSSR count). The molecule has 0 aromatic heterocycles. The molecule has 2 aromatic carbocycles. The predicted molar refractivity (Wildman–Crippen MR) is 168 cm³/mol. The monoisotopic (exact) mass is 530 g/mol. The molecule has 0 bridgehead atoms. The molecule has 0 saturated heterocycles. The third-order valence-corrected chi connectivity index (χ3v) is 21.6. The maximum atomic E-state index is 4.40. The first-order valence-electron chi connectivity index (χ1n) is 14.2. The van der Waals surface area contributed by atoms with E-state index >= 15 is 0 Å². The topological polar surface area (TPSA) is 0 Å². The number of hydrogen-bond donors (Lipinski definition) is 0. The molecule has 0 fully saturated rings. The zero-order valence-electron chi connectivity index (χ0n) is 27.2. The minimum atomic E-state index is -1.96. The van der Waals surface area contributed by atoms with Gasteiger partial charge in [0.05, 0.1) is 0 Å². The van der Waals surface area contributed by atoms with E-state index in [-0.39, 0.29) is 37.7 Å². The van der Waals surface area contributed by atoms with Crippen LogP contribution < -0.4 is 37.7 Å². The second-order valence-corrected chi connectivity index (χ2v) is 23.7. The molecule has 38 heavy (non-hydrogen) atoms. The van der Waals surface area contributed by atoms with Gasteiger partial charge in [-0.3, -0.25) is 22.5 Å². The average Bonchev–Trinajstić information content (AvgIpc) is 2.81. The van der Waals surface area contributed by atoms with Gasteiger partial charge in [-0.2, -0.15) is 11.1 Å². The van der Waals surface area contributed by atoms with Crippen LogP contribution in [-0.2, 0) is 0 Å². The molecule has 0 N–H and O–H groups in total. The van der Waals surface area contributed by atoms with Gasteiger partial charge in [0.2, 0.25) is 0 Å². The molecule has 0 amide bonds. The van der Waals surface area contributed by atoms with Crippen LogP contribution in [0.2, 0.25) is 33.2 Å². The number of allylic oxidation sites excluding steroid dienone is 2. The Bertz CT molecular complexity index is 876. The van der Waals surface area contributed by atoms with Gasteiger partial charge in [-0.1, -0.05) is 153 Å². The summed E-state index contributed by atoms with van der Waals surface area (Å²) < 4.78 is 0. The normalized spacial score (nSPS) is 13.5. The van der Waals surface area contributed by atoms with Crippen molar-refractivity contribution in [3.05, 3.63) is 83.2 Å². The fourth-order valence-electron chi connectivity index (χ4n) is 7.07. The molecule has 198 valence electrons. The Kier molecular flexibility index (Phi) is 15.9. The summed E-state index contributed by atoms with van der Waals surface area (Å²) in [4.78, 5) is 0. The summed E-state index contributed by atoms with van der Waals surface area (Å²) in [7, 11) is -3.92. The van der Waals surface area contributed by atoms with E-state index in [1.54, 1.807) is 0 Å². The van der Waals surface area contributed by atoms with Gasteiger partial charge >= 0.3 is 37.7 Å². The Morgan fingerprint density at radius 2 is 0.632 bits per heavy atom. The van der Waals surface area contributed by atoms with Crippen LogP contribution in [0.1, 0.15) is 94.2 Å². The molecule has 0 unspecified atom stereocenters. The third kappa shape index (κ3) is 7.84. The maximum absolute atomic E-state index is 4.40. The van der Waals surface area contributed by atoms with Crippen molar-refractivity contribution in [2.24, 2.45) is 0 Å². The Morgan fingerprint density at radius 3 is 0.816 bits per heavy atom. The largest absolute Gasteiger partial charge is 1.00 e. The standard InChI is InChI=1S/C34H52Si2.2Li/c1-25(2)35(26(3)4,27(5)6)23-33(31-19-15-13-16-20-31)34(32-21-17-14-18-22-32)24-36(28(7)8,29(9)10)30(11)12;;/h13-22,25-30H,1-12H3;;/q-2;2*+1. The van der Waals surface area contributed by atoms with Gasteiger partial charge in [0, 0.05) is 16.1 Å². The molecule has 0 saturated carbocycles. The van der Waals surface area contributed by atoms with Crippen molar-refractivity contribution in [1.29, 1.82) is 0 Å². The zero-order chi connectivity index (χ0) is 27.3. The molecule has 0 nitrogen and oxygen atoms in total. The molecule has 0 radical (unpaired) electrons. The Balaban J connectivity index is 0.00000684. The zero-order valence-corrected chi connectivity index (χ0v) is 29.2. The van der Waals surface area contributed by atoms with Crippen LogP contribution in [0.3, 0.4) is 0 Å². The first-order chi connectivity index (χ1) is 16.8. The van der Waals surface area contributed by atoms with Crippen LogP contribution in [0.25, 0.3) is 11.1 Å². The Hall–Kier alpha value is -0.451. The van der Waals surface area contributed by atoms with Gasteiger partial charge in [0.1, 0.15) is 0 Å². The van der Waals surface area contributed by atoms with E-state index in [1.807, 2.05) is 0 Å².